The molecular formula is C19H18N2O3. The number of carbonyl (C=O) groups excluding carboxylic acids is 1. The molecule has 1 aliphatic heterocycles. The minimum Gasteiger partial charge on any atom is -0.460 e. The fourth-order valence-electron chi connectivity index (χ4n) is 3.27. The number of aromatic nitrogens is 1. The second-order valence-electron chi connectivity index (χ2n) is 6.22. The molecule has 3 heterocycles. The zero-order valence-electron chi connectivity index (χ0n) is 13.4. The fraction of sp³-hybridized carbons (Fsp3) is 0.263. The van der Waals surface area contributed by atoms with Gasteiger partial charge in [-0.15, -0.1) is 0 Å². The fourth-order valence-corrected chi connectivity index (χ4v) is 3.27. The lowest BCUT2D eigenvalue weighted by Crippen LogP contribution is -2.40. The molecule has 5 heteroatoms. The number of amides is 1. The lowest BCUT2D eigenvalue weighted by molar-refractivity contribution is -0.133. The average molecular weight is 322 g/mol. The summed E-state index contributed by atoms with van der Waals surface area (Å²) in [6.45, 7) is 2.82. The quantitative estimate of drug-likeness (QED) is 0.789. The molecule has 0 saturated carbocycles. The molecule has 0 spiro atoms. The summed E-state index contributed by atoms with van der Waals surface area (Å²) in [7, 11) is 0. The number of benzene rings is 1. The average Bonchev–Trinajstić information content (AvgIpc) is 3.04. The number of fused-ring (bicyclic) bond motifs is 2. The highest BCUT2D eigenvalue weighted by atomic mass is 16.3. The molecule has 1 aliphatic rings. The second kappa shape index (κ2) is 5.67. The molecule has 0 bridgehead atoms. The third-order valence-corrected chi connectivity index (χ3v) is 4.69. The molecule has 1 unspecified atom stereocenters. The molecule has 3 aromatic rings. The molecule has 5 nitrogen and oxygen atoms in total. The lowest BCUT2D eigenvalue weighted by Gasteiger charge is -2.29. The van der Waals surface area contributed by atoms with Gasteiger partial charge in [0.15, 0.2) is 5.43 Å². The van der Waals surface area contributed by atoms with Crippen LogP contribution in [0.4, 0.5) is 0 Å². The third kappa shape index (κ3) is 2.42. The number of hydrogen-bond donors (Lipinski definition) is 1. The Bertz CT molecular complexity index is 937. The number of H-pyrrole nitrogens is 1. The van der Waals surface area contributed by atoms with E-state index in [1.165, 1.54) is 6.07 Å². The van der Waals surface area contributed by atoms with Gasteiger partial charge in [-0.1, -0.05) is 18.2 Å². The van der Waals surface area contributed by atoms with E-state index < -0.39 is 0 Å². The van der Waals surface area contributed by atoms with E-state index >= 15 is 0 Å². The first-order chi connectivity index (χ1) is 11.6. The van der Waals surface area contributed by atoms with Crippen molar-refractivity contribution in [3.8, 4) is 0 Å². The van der Waals surface area contributed by atoms with Crippen LogP contribution in [0.15, 0.2) is 51.8 Å². The molecule has 1 aromatic carbocycles. The predicted octanol–water partition coefficient (Wildman–Crippen LogP) is 2.81. The van der Waals surface area contributed by atoms with Gasteiger partial charge in [-0.05, 0) is 19.1 Å². The van der Waals surface area contributed by atoms with Crippen LogP contribution < -0.4 is 5.43 Å². The van der Waals surface area contributed by atoms with E-state index in [1.54, 1.807) is 11.1 Å². The standard InChI is InChI=1S/C19H18N2O3/c1-12(18-10-13-4-2-3-5-17(13)24-18)19(23)21-9-7-15-14(11-21)16(22)6-8-20-15/h2-6,8,10,12H,7,9,11H2,1H3,(H,20,22). The summed E-state index contributed by atoms with van der Waals surface area (Å²) in [5, 5.41) is 0.993. The van der Waals surface area contributed by atoms with Gasteiger partial charge in [0.05, 0.1) is 12.5 Å². The molecule has 0 saturated heterocycles. The molecule has 1 atom stereocenters. The summed E-state index contributed by atoms with van der Waals surface area (Å²) < 4.78 is 5.82. The monoisotopic (exact) mass is 322 g/mol. The van der Waals surface area contributed by atoms with Crippen molar-refractivity contribution in [2.45, 2.75) is 25.8 Å². The zero-order chi connectivity index (χ0) is 16.7. The summed E-state index contributed by atoms with van der Waals surface area (Å²) in [5.41, 5.74) is 2.39. The van der Waals surface area contributed by atoms with Crippen molar-refractivity contribution in [2.75, 3.05) is 6.54 Å². The Kier molecular flexibility index (Phi) is 3.49. The second-order valence-corrected chi connectivity index (χ2v) is 6.22. The van der Waals surface area contributed by atoms with Gasteiger partial charge in [-0.25, -0.2) is 0 Å². The Labute approximate surface area is 138 Å². The van der Waals surface area contributed by atoms with Crippen molar-refractivity contribution in [1.82, 2.24) is 9.88 Å². The van der Waals surface area contributed by atoms with Crippen LogP contribution in [0.25, 0.3) is 11.0 Å². The maximum absolute atomic E-state index is 12.9. The Balaban J connectivity index is 1.59. The molecule has 1 N–H and O–H groups in total. The van der Waals surface area contributed by atoms with Crippen molar-refractivity contribution in [2.24, 2.45) is 0 Å². The summed E-state index contributed by atoms with van der Waals surface area (Å²) in [5.74, 6) is 0.277. The van der Waals surface area contributed by atoms with Crippen LogP contribution in [0.2, 0.25) is 0 Å². The van der Waals surface area contributed by atoms with Crippen molar-refractivity contribution in [3.63, 3.8) is 0 Å². The van der Waals surface area contributed by atoms with Gasteiger partial charge in [0, 0.05) is 41.9 Å². The minimum atomic E-state index is -0.373. The van der Waals surface area contributed by atoms with Gasteiger partial charge >= 0.3 is 0 Å². The lowest BCUT2D eigenvalue weighted by atomic mass is 10.0. The van der Waals surface area contributed by atoms with Gasteiger partial charge in [0.25, 0.3) is 0 Å². The van der Waals surface area contributed by atoms with Crippen LogP contribution in [-0.2, 0) is 17.8 Å². The van der Waals surface area contributed by atoms with Crippen LogP contribution in [0.3, 0.4) is 0 Å². The number of aromatic amines is 1. The number of carbonyl (C=O) groups is 1. The Morgan fingerprint density at radius 3 is 2.96 bits per heavy atom. The van der Waals surface area contributed by atoms with Crippen LogP contribution in [0.5, 0.6) is 0 Å². The molecule has 2 aromatic heterocycles. The van der Waals surface area contributed by atoms with Gasteiger partial charge in [-0.3, -0.25) is 9.59 Å². The van der Waals surface area contributed by atoms with Crippen molar-refractivity contribution in [1.29, 1.82) is 0 Å². The first kappa shape index (κ1) is 14.8. The molecular weight excluding hydrogens is 304 g/mol. The van der Waals surface area contributed by atoms with Gasteiger partial charge < -0.3 is 14.3 Å². The van der Waals surface area contributed by atoms with Gasteiger partial charge in [0.2, 0.25) is 5.91 Å². The van der Waals surface area contributed by atoms with E-state index in [-0.39, 0.29) is 17.3 Å². The van der Waals surface area contributed by atoms with E-state index in [0.717, 1.165) is 16.7 Å². The van der Waals surface area contributed by atoms with Crippen LogP contribution in [0.1, 0.15) is 29.9 Å². The first-order valence-electron chi connectivity index (χ1n) is 8.10. The molecule has 24 heavy (non-hydrogen) atoms. The summed E-state index contributed by atoms with van der Waals surface area (Å²) in [6.07, 6.45) is 2.33. The molecule has 0 radical (unpaired) electrons. The Morgan fingerprint density at radius 1 is 1.29 bits per heavy atom. The maximum Gasteiger partial charge on any atom is 0.233 e. The van der Waals surface area contributed by atoms with Gasteiger partial charge in [0.1, 0.15) is 11.3 Å². The summed E-state index contributed by atoms with van der Waals surface area (Å²) >= 11 is 0. The number of para-hydroxylation sites is 1. The minimum absolute atomic E-state index is 0.0111. The number of nitrogens with zero attached hydrogens (tertiary/aromatic N) is 1. The van der Waals surface area contributed by atoms with Crippen LogP contribution in [-0.4, -0.2) is 22.3 Å². The SMILES string of the molecule is CC(C(=O)N1CCc2[nH]ccc(=O)c2C1)c1cc2ccccc2o1. The van der Waals surface area contributed by atoms with E-state index in [4.69, 9.17) is 4.42 Å². The first-order valence-corrected chi connectivity index (χ1v) is 8.10. The van der Waals surface area contributed by atoms with Crippen molar-refractivity contribution < 1.29 is 9.21 Å². The number of furan rings is 1. The predicted molar refractivity (Wildman–Crippen MR) is 90.8 cm³/mol. The third-order valence-electron chi connectivity index (χ3n) is 4.69. The molecule has 0 fully saturated rings. The number of pyridine rings is 1. The van der Waals surface area contributed by atoms with Crippen LogP contribution in [0, 0.1) is 0 Å². The highest BCUT2D eigenvalue weighted by Crippen LogP contribution is 2.27. The molecule has 4 rings (SSSR count). The topological polar surface area (TPSA) is 66.3 Å². The normalized spacial score (nSPS) is 15.3. The van der Waals surface area contributed by atoms with E-state index in [1.807, 2.05) is 37.3 Å². The highest BCUT2D eigenvalue weighted by Gasteiger charge is 2.28. The largest absolute Gasteiger partial charge is 0.460 e. The Morgan fingerprint density at radius 2 is 2.12 bits per heavy atom. The van der Waals surface area contributed by atoms with Crippen molar-refractivity contribution in [3.05, 3.63) is 69.8 Å². The van der Waals surface area contributed by atoms with E-state index in [9.17, 15) is 9.59 Å². The maximum atomic E-state index is 12.9. The molecule has 0 aliphatic carbocycles. The van der Waals surface area contributed by atoms with Gasteiger partial charge in [-0.2, -0.15) is 0 Å². The smallest absolute Gasteiger partial charge is 0.233 e. The summed E-state index contributed by atoms with van der Waals surface area (Å²) in [4.78, 5) is 29.7. The Hall–Kier alpha value is -2.82. The summed E-state index contributed by atoms with van der Waals surface area (Å²) in [6, 6.07) is 11.2. The van der Waals surface area contributed by atoms with Crippen LogP contribution >= 0.6 is 0 Å². The number of hydrogen-bond acceptors (Lipinski definition) is 3. The molecule has 122 valence electrons. The van der Waals surface area contributed by atoms with E-state index in [2.05, 4.69) is 4.98 Å². The van der Waals surface area contributed by atoms with Crippen molar-refractivity contribution >= 4 is 16.9 Å². The van der Waals surface area contributed by atoms with E-state index in [0.29, 0.717) is 30.8 Å². The molecule has 1 amide bonds. The number of rotatable bonds is 2. The number of nitrogens with one attached hydrogen (secondary N) is 1. The zero-order valence-corrected chi connectivity index (χ0v) is 13.4. The highest BCUT2D eigenvalue weighted by molar-refractivity contribution is 5.85.